The molecule has 0 atom stereocenters. The molecule has 0 radical (unpaired) electrons. The third kappa shape index (κ3) is 3.79. The van der Waals surface area contributed by atoms with Gasteiger partial charge in [-0.05, 0) is 23.8 Å². The van der Waals surface area contributed by atoms with Gasteiger partial charge in [-0.1, -0.05) is 42.5 Å². The smallest absolute Gasteiger partial charge is 0.290 e. The minimum absolute atomic E-state index is 0.102. The fourth-order valence-electron chi connectivity index (χ4n) is 2.53. The third-order valence-electron chi connectivity index (χ3n) is 3.67. The summed E-state index contributed by atoms with van der Waals surface area (Å²) < 4.78 is 7.12. The molecule has 0 saturated heterocycles. The van der Waals surface area contributed by atoms with Crippen molar-refractivity contribution in [3.63, 3.8) is 0 Å². The highest BCUT2D eigenvalue weighted by atomic mass is 16.5. The van der Waals surface area contributed by atoms with Gasteiger partial charge in [-0.3, -0.25) is 4.79 Å². The molecule has 0 saturated carbocycles. The Bertz CT molecular complexity index is 832. The second-order valence-electron chi connectivity index (χ2n) is 5.38. The number of para-hydroxylation sites is 2. The van der Waals surface area contributed by atoms with Crippen molar-refractivity contribution >= 4 is 11.6 Å². The van der Waals surface area contributed by atoms with Crippen LogP contribution in [0.4, 0.5) is 5.69 Å². The van der Waals surface area contributed by atoms with E-state index in [1.165, 1.54) is 0 Å². The van der Waals surface area contributed by atoms with E-state index in [4.69, 9.17) is 4.74 Å². The van der Waals surface area contributed by atoms with E-state index < -0.39 is 0 Å². The molecule has 1 N–H and O–H groups in total. The van der Waals surface area contributed by atoms with Gasteiger partial charge in [-0.25, -0.2) is 0 Å². The lowest BCUT2D eigenvalue weighted by Gasteiger charge is -2.08. The largest absolute Gasteiger partial charge is 0.495 e. The number of hydrogen-bond donors (Lipinski definition) is 1. The Labute approximate surface area is 141 Å². The molecule has 4 nitrogen and oxygen atoms in total. The first-order valence-electron chi connectivity index (χ1n) is 7.73. The van der Waals surface area contributed by atoms with E-state index in [-0.39, 0.29) is 12.5 Å². The number of amides is 1. The SMILES string of the molecule is COc1ccccc1NC(=O)C[n+]1cccc(-c2ccccc2)c1. The van der Waals surface area contributed by atoms with Crippen molar-refractivity contribution in [2.24, 2.45) is 0 Å². The number of anilines is 1. The molecule has 0 bridgehead atoms. The molecule has 0 spiro atoms. The average molecular weight is 319 g/mol. The predicted octanol–water partition coefficient (Wildman–Crippen LogP) is 3.29. The lowest BCUT2D eigenvalue weighted by molar-refractivity contribution is -0.683. The van der Waals surface area contributed by atoms with Crippen LogP contribution in [0.3, 0.4) is 0 Å². The highest BCUT2D eigenvalue weighted by molar-refractivity contribution is 5.91. The molecule has 120 valence electrons. The lowest BCUT2D eigenvalue weighted by Crippen LogP contribution is -2.39. The van der Waals surface area contributed by atoms with Gasteiger partial charge in [0.05, 0.1) is 12.8 Å². The maximum atomic E-state index is 12.3. The normalized spacial score (nSPS) is 10.2. The molecule has 24 heavy (non-hydrogen) atoms. The van der Waals surface area contributed by atoms with Crippen molar-refractivity contribution in [1.29, 1.82) is 0 Å². The Kier molecular flexibility index (Phi) is 4.87. The molecular formula is C20H19N2O2+. The van der Waals surface area contributed by atoms with Gasteiger partial charge in [-0.2, -0.15) is 4.57 Å². The zero-order chi connectivity index (χ0) is 16.8. The Morgan fingerprint density at radius 2 is 1.67 bits per heavy atom. The Balaban J connectivity index is 1.73. The number of nitrogens with one attached hydrogen (secondary N) is 1. The maximum Gasteiger partial charge on any atom is 0.290 e. The number of nitrogens with zero attached hydrogens (tertiary/aromatic N) is 1. The van der Waals surface area contributed by atoms with Crippen molar-refractivity contribution in [1.82, 2.24) is 0 Å². The van der Waals surface area contributed by atoms with Crippen LogP contribution in [0.5, 0.6) is 5.75 Å². The minimum Gasteiger partial charge on any atom is -0.495 e. The molecule has 0 aliphatic rings. The molecule has 0 aliphatic carbocycles. The zero-order valence-corrected chi connectivity index (χ0v) is 13.5. The second kappa shape index (κ2) is 7.42. The molecule has 0 fully saturated rings. The van der Waals surface area contributed by atoms with Crippen LogP contribution in [0.15, 0.2) is 79.1 Å². The number of methoxy groups -OCH3 is 1. The van der Waals surface area contributed by atoms with Gasteiger partial charge in [0.25, 0.3) is 5.91 Å². The van der Waals surface area contributed by atoms with Crippen molar-refractivity contribution in [3.8, 4) is 16.9 Å². The quantitative estimate of drug-likeness (QED) is 0.733. The molecule has 2 aromatic carbocycles. The first-order valence-corrected chi connectivity index (χ1v) is 7.73. The van der Waals surface area contributed by atoms with Gasteiger partial charge < -0.3 is 10.1 Å². The second-order valence-corrected chi connectivity index (χ2v) is 5.38. The first kappa shape index (κ1) is 15.7. The van der Waals surface area contributed by atoms with Crippen LogP contribution in [0.25, 0.3) is 11.1 Å². The maximum absolute atomic E-state index is 12.3. The summed E-state index contributed by atoms with van der Waals surface area (Å²) in [6.07, 6.45) is 3.85. The molecule has 1 aromatic heterocycles. The molecular weight excluding hydrogens is 300 g/mol. The van der Waals surface area contributed by atoms with Gasteiger partial charge in [0.2, 0.25) is 6.54 Å². The van der Waals surface area contributed by atoms with Crippen LogP contribution in [0.2, 0.25) is 0 Å². The fraction of sp³-hybridized carbons (Fsp3) is 0.100. The molecule has 1 amide bonds. The topological polar surface area (TPSA) is 42.2 Å². The average Bonchev–Trinajstić information content (AvgIpc) is 2.63. The van der Waals surface area contributed by atoms with Crippen LogP contribution in [0.1, 0.15) is 0 Å². The number of benzene rings is 2. The van der Waals surface area contributed by atoms with E-state index in [0.29, 0.717) is 11.4 Å². The van der Waals surface area contributed by atoms with Crippen LogP contribution < -0.4 is 14.6 Å². The molecule has 3 aromatic rings. The number of pyridine rings is 1. The number of ether oxygens (including phenoxy) is 1. The number of carbonyl (C=O) groups is 1. The van der Waals surface area contributed by atoms with Gasteiger partial charge >= 0.3 is 0 Å². The van der Waals surface area contributed by atoms with Gasteiger partial charge in [-0.15, -0.1) is 0 Å². The van der Waals surface area contributed by atoms with Crippen molar-refractivity contribution in [2.45, 2.75) is 6.54 Å². The molecule has 0 unspecified atom stereocenters. The lowest BCUT2D eigenvalue weighted by atomic mass is 10.1. The van der Waals surface area contributed by atoms with E-state index >= 15 is 0 Å². The number of hydrogen-bond acceptors (Lipinski definition) is 2. The summed E-state index contributed by atoms with van der Waals surface area (Å²) in [5.41, 5.74) is 2.87. The van der Waals surface area contributed by atoms with Crippen molar-refractivity contribution < 1.29 is 14.1 Å². The molecule has 1 heterocycles. The number of carbonyl (C=O) groups excluding carboxylic acids is 1. The summed E-state index contributed by atoms with van der Waals surface area (Å²) in [5.74, 6) is 0.545. The van der Waals surface area contributed by atoms with Gasteiger partial charge in [0, 0.05) is 11.6 Å². The summed E-state index contributed by atoms with van der Waals surface area (Å²) in [6, 6.07) is 21.4. The van der Waals surface area contributed by atoms with Crippen LogP contribution >= 0.6 is 0 Å². The molecule has 0 aliphatic heterocycles. The first-order chi connectivity index (χ1) is 11.8. The zero-order valence-electron chi connectivity index (χ0n) is 13.5. The van der Waals surface area contributed by atoms with E-state index in [9.17, 15) is 4.79 Å². The fourth-order valence-corrected chi connectivity index (χ4v) is 2.53. The van der Waals surface area contributed by atoms with Gasteiger partial charge in [0.15, 0.2) is 12.4 Å². The highest BCUT2D eigenvalue weighted by Gasteiger charge is 2.13. The predicted molar refractivity (Wildman–Crippen MR) is 93.7 cm³/mol. The minimum atomic E-state index is -0.102. The van der Waals surface area contributed by atoms with Gasteiger partial charge in [0.1, 0.15) is 5.75 Å². The standard InChI is InChI=1S/C20H18N2O2/c1-24-19-12-6-5-11-18(19)21-20(23)15-22-13-7-10-17(14-22)16-8-3-2-4-9-16/h2-14H,15H2,1H3/p+1. The Hall–Kier alpha value is -3.14. The highest BCUT2D eigenvalue weighted by Crippen LogP contribution is 2.22. The summed E-state index contributed by atoms with van der Waals surface area (Å²) in [5, 5.41) is 2.88. The van der Waals surface area contributed by atoms with Crippen LogP contribution in [-0.4, -0.2) is 13.0 Å². The monoisotopic (exact) mass is 319 g/mol. The summed E-state index contributed by atoms with van der Waals surface area (Å²) >= 11 is 0. The van der Waals surface area contributed by atoms with E-state index in [0.717, 1.165) is 11.1 Å². The van der Waals surface area contributed by atoms with Crippen molar-refractivity contribution in [3.05, 3.63) is 79.1 Å². The van der Waals surface area contributed by atoms with E-state index in [2.05, 4.69) is 17.4 Å². The molecule has 3 rings (SSSR count). The third-order valence-corrected chi connectivity index (χ3v) is 3.67. The number of rotatable bonds is 5. The summed E-state index contributed by atoms with van der Waals surface area (Å²) in [4.78, 5) is 12.3. The summed E-state index contributed by atoms with van der Waals surface area (Å²) in [7, 11) is 1.59. The Morgan fingerprint density at radius 1 is 0.958 bits per heavy atom. The van der Waals surface area contributed by atoms with E-state index in [1.54, 1.807) is 7.11 Å². The number of aromatic nitrogens is 1. The van der Waals surface area contributed by atoms with E-state index in [1.807, 2.05) is 71.6 Å². The van der Waals surface area contributed by atoms with Crippen LogP contribution in [-0.2, 0) is 11.3 Å². The Morgan fingerprint density at radius 3 is 2.46 bits per heavy atom. The van der Waals surface area contributed by atoms with Crippen LogP contribution in [0, 0.1) is 0 Å². The van der Waals surface area contributed by atoms with Crippen molar-refractivity contribution in [2.75, 3.05) is 12.4 Å². The summed E-state index contributed by atoms with van der Waals surface area (Å²) in [6.45, 7) is 0.235. The molecule has 4 heteroatoms.